The standard InChI is InChI=1S/C14H12N4O6/c19-12-4-2-10(14(20)6-12)8-16-15-7-9-1-3-11(17(21)22)5-13(9)18(23)24/h1-6,8,15,19-20H,7H2/b16-8-. The molecule has 0 radical (unpaired) electrons. The lowest BCUT2D eigenvalue weighted by Gasteiger charge is -2.03. The number of nitro groups is 2. The number of non-ortho nitro benzene ring substituents is 1. The first-order chi connectivity index (χ1) is 11.4. The van der Waals surface area contributed by atoms with E-state index in [1.165, 1.54) is 30.5 Å². The van der Waals surface area contributed by atoms with E-state index in [4.69, 9.17) is 5.11 Å². The molecule has 2 aromatic rings. The number of hydrogen-bond acceptors (Lipinski definition) is 8. The summed E-state index contributed by atoms with van der Waals surface area (Å²) in [6, 6.07) is 7.26. The number of phenolic OH excluding ortho intramolecular Hbond substituents is 2. The maximum atomic E-state index is 11.0. The third kappa shape index (κ3) is 3.94. The number of nitro benzene ring substituents is 2. The van der Waals surface area contributed by atoms with Gasteiger partial charge in [0.25, 0.3) is 11.4 Å². The Morgan fingerprint density at radius 2 is 1.83 bits per heavy atom. The molecule has 3 N–H and O–H groups in total. The van der Waals surface area contributed by atoms with E-state index in [9.17, 15) is 25.3 Å². The van der Waals surface area contributed by atoms with Gasteiger partial charge >= 0.3 is 0 Å². The smallest absolute Gasteiger partial charge is 0.281 e. The van der Waals surface area contributed by atoms with E-state index in [2.05, 4.69) is 10.5 Å². The van der Waals surface area contributed by atoms with E-state index < -0.39 is 9.85 Å². The quantitative estimate of drug-likeness (QED) is 0.416. The number of nitrogens with one attached hydrogen (secondary N) is 1. The van der Waals surface area contributed by atoms with Crippen molar-refractivity contribution in [2.75, 3.05) is 0 Å². The Labute approximate surface area is 135 Å². The van der Waals surface area contributed by atoms with Crippen LogP contribution in [0.2, 0.25) is 0 Å². The Kier molecular flexibility index (Phi) is 4.90. The van der Waals surface area contributed by atoms with E-state index in [0.29, 0.717) is 5.56 Å². The van der Waals surface area contributed by atoms with Crippen LogP contribution in [-0.2, 0) is 6.54 Å². The van der Waals surface area contributed by atoms with Crippen LogP contribution in [0.15, 0.2) is 41.5 Å². The van der Waals surface area contributed by atoms with Crippen molar-refractivity contribution in [3.63, 3.8) is 0 Å². The second kappa shape index (κ2) is 7.05. The van der Waals surface area contributed by atoms with Crippen LogP contribution in [-0.4, -0.2) is 26.3 Å². The normalized spacial score (nSPS) is 10.7. The van der Waals surface area contributed by atoms with Gasteiger partial charge < -0.3 is 15.6 Å². The molecule has 0 unspecified atom stereocenters. The molecule has 2 aromatic carbocycles. The fraction of sp³-hybridized carbons (Fsp3) is 0.0714. The van der Waals surface area contributed by atoms with Crippen molar-refractivity contribution < 1.29 is 20.1 Å². The Bertz CT molecular complexity index is 821. The molecule has 0 heterocycles. The highest BCUT2D eigenvalue weighted by Gasteiger charge is 2.18. The molecular formula is C14H12N4O6. The third-order valence-corrected chi connectivity index (χ3v) is 3.05. The molecular weight excluding hydrogens is 320 g/mol. The molecule has 10 heteroatoms. The molecule has 2 rings (SSSR count). The van der Waals surface area contributed by atoms with E-state index in [-0.39, 0.29) is 35.0 Å². The summed E-state index contributed by atoms with van der Waals surface area (Å²) in [5.41, 5.74) is 2.35. The van der Waals surface area contributed by atoms with E-state index in [1.807, 2.05) is 0 Å². The summed E-state index contributed by atoms with van der Waals surface area (Å²) in [4.78, 5) is 20.2. The largest absolute Gasteiger partial charge is 0.508 e. The number of hydrazone groups is 1. The molecule has 0 saturated carbocycles. The highest BCUT2D eigenvalue weighted by molar-refractivity contribution is 5.83. The average molecular weight is 332 g/mol. The van der Waals surface area contributed by atoms with Gasteiger partial charge in [-0.05, 0) is 18.2 Å². The van der Waals surface area contributed by atoms with Crippen LogP contribution < -0.4 is 5.43 Å². The van der Waals surface area contributed by atoms with Crippen molar-refractivity contribution in [1.82, 2.24) is 5.43 Å². The van der Waals surface area contributed by atoms with Crippen molar-refractivity contribution in [1.29, 1.82) is 0 Å². The van der Waals surface area contributed by atoms with Crippen LogP contribution >= 0.6 is 0 Å². The Morgan fingerprint density at radius 1 is 1.08 bits per heavy atom. The van der Waals surface area contributed by atoms with Crippen LogP contribution in [0, 0.1) is 20.2 Å². The third-order valence-electron chi connectivity index (χ3n) is 3.05. The van der Waals surface area contributed by atoms with Gasteiger partial charge in [0.2, 0.25) is 0 Å². The molecule has 0 aliphatic heterocycles. The van der Waals surface area contributed by atoms with Crippen molar-refractivity contribution >= 4 is 17.6 Å². The summed E-state index contributed by atoms with van der Waals surface area (Å²) in [5.74, 6) is -0.277. The zero-order valence-corrected chi connectivity index (χ0v) is 12.1. The van der Waals surface area contributed by atoms with Crippen LogP contribution in [0.25, 0.3) is 0 Å². The molecule has 0 amide bonds. The van der Waals surface area contributed by atoms with Crippen LogP contribution in [0.1, 0.15) is 11.1 Å². The molecule has 0 spiro atoms. The molecule has 0 atom stereocenters. The molecule has 0 bridgehead atoms. The van der Waals surface area contributed by atoms with Gasteiger partial charge in [-0.25, -0.2) is 0 Å². The maximum absolute atomic E-state index is 11.0. The fourth-order valence-corrected chi connectivity index (χ4v) is 1.87. The molecule has 0 aliphatic rings. The van der Waals surface area contributed by atoms with Gasteiger partial charge in [-0.1, -0.05) is 0 Å². The Hall–Kier alpha value is -3.69. The van der Waals surface area contributed by atoms with E-state index in [1.54, 1.807) is 0 Å². The monoisotopic (exact) mass is 332 g/mol. The highest BCUT2D eigenvalue weighted by atomic mass is 16.6. The maximum Gasteiger partial charge on any atom is 0.281 e. The van der Waals surface area contributed by atoms with Crippen molar-refractivity contribution in [2.45, 2.75) is 6.54 Å². The zero-order valence-electron chi connectivity index (χ0n) is 12.1. The van der Waals surface area contributed by atoms with E-state index >= 15 is 0 Å². The number of aromatic hydroxyl groups is 2. The van der Waals surface area contributed by atoms with Crippen molar-refractivity contribution in [3.8, 4) is 11.5 Å². The summed E-state index contributed by atoms with van der Waals surface area (Å²) in [5, 5.41) is 44.2. The lowest BCUT2D eigenvalue weighted by Crippen LogP contribution is -2.08. The number of hydrogen-bond donors (Lipinski definition) is 3. The fourth-order valence-electron chi connectivity index (χ4n) is 1.87. The molecule has 10 nitrogen and oxygen atoms in total. The second-order valence-electron chi connectivity index (χ2n) is 4.66. The minimum absolute atomic E-state index is 0.0380. The van der Waals surface area contributed by atoms with Crippen LogP contribution in [0.5, 0.6) is 11.5 Å². The topological polar surface area (TPSA) is 151 Å². The van der Waals surface area contributed by atoms with E-state index in [0.717, 1.165) is 12.1 Å². The lowest BCUT2D eigenvalue weighted by molar-refractivity contribution is -0.394. The van der Waals surface area contributed by atoms with Gasteiger partial charge in [-0.2, -0.15) is 5.10 Å². The average Bonchev–Trinajstić information content (AvgIpc) is 2.52. The Morgan fingerprint density at radius 3 is 2.46 bits per heavy atom. The summed E-state index contributed by atoms with van der Waals surface area (Å²) in [7, 11) is 0. The van der Waals surface area contributed by atoms with Gasteiger partial charge in [0.1, 0.15) is 11.5 Å². The predicted octanol–water partition coefficient (Wildman–Crippen LogP) is 2.04. The van der Waals surface area contributed by atoms with Gasteiger partial charge in [-0.15, -0.1) is 0 Å². The summed E-state index contributed by atoms with van der Waals surface area (Å²) < 4.78 is 0. The van der Waals surface area contributed by atoms with Gasteiger partial charge in [0.05, 0.1) is 34.2 Å². The molecule has 24 heavy (non-hydrogen) atoms. The summed E-state index contributed by atoms with van der Waals surface area (Å²) >= 11 is 0. The molecule has 0 aliphatic carbocycles. The molecule has 0 fully saturated rings. The molecule has 0 saturated heterocycles. The summed E-state index contributed by atoms with van der Waals surface area (Å²) in [6.45, 7) is -0.0380. The van der Waals surface area contributed by atoms with Gasteiger partial charge in [-0.3, -0.25) is 20.2 Å². The minimum Gasteiger partial charge on any atom is -0.508 e. The second-order valence-corrected chi connectivity index (χ2v) is 4.66. The first kappa shape index (κ1) is 16.7. The highest BCUT2D eigenvalue weighted by Crippen LogP contribution is 2.24. The number of rotatable bonds is 6. The zero-order chi connectivity index (χ0) is 17.7. The minimum atomic E-state index is -0.712. The molecule has 0 aromatic heterocycles. The lowest BCUT2D eigenvalue weighted by atomic mass is 10.1. The molecule has 124 valence electrons. The Balaban J connectivity index is 2.10. The SMILES string of the molecule is O=[N+]([O-])c1ccc(CN/N=C\c2ccc(O)cc2O)c([N+](=O)[O-])c1. The summed E-state index contributed by atoms with van der Waals surface area (Å²) in [6.07, 6.45) is 1.27. The predicted molar refractivity (Wildman–Crippen MR) is 84.0 cm³/mol. The van der Waals surface area contributed by atoms with Crippen LogP contribution in [0.4, 0.5) is 11.4 Å². The first-order valence-electron chi connectivity index (χ1n) is 6.58. The first-order valence-corrected chi connectivity index (χ1v) is 6.58. The number of nitrogens with zero attached hydrogens (tertiary/aromatic N) is 3. The number of benzene rings is 2. The van der Waals surface area contributed by atoms with Crippen molar-refractivity contribution in [2.24, 2.45) is 5.10 Å². The van der Waals surface area contributed by atoms with Gasteiger partial charge in [0.15, 0.2) is 0 Å². The van der Waals surface area contributed by atoms with Crippen molar-refractivity contribution in [3.05, 3.63) is 67.8 Å². The van der Waals surface area contributed by atoms with Crippen LogP contribution in [0.3, 0.4) is 0 Å². The van der Waals surface area contributed by atoms with Gasteiger partial charge in [0, 0.05) is 17.7 Å². The number of phenols is 2.